The average molecular weight is 332 g/mol. The molecule has 2 aromatic rings. The van der Waals surface area contributed by atoms with E-state index in [-0.39, 0.29) is 18.4 Å². The van der Waals surface area contributed by atoms with Crippen LogP contribution in [0.3, 0.4) is 0 Å². The lowest BCUT2D eigenvalue weighted by Crippen LogP contribution is -2.30. The summed E-state index contributed by atoms with van der Waals surface area (Å²) in [7, 11) is 0. The minimum Gasteiger partial charge on any atom is -0.459 e. The molecular formula is C16H17FN4O3. The number of aromatic nitrogens is 2. The lowest BCUT2D eigenvalue weighted by atomic mass is 10.2. The van der Waals surface area contributed by atoms with Crippen LogP contribution < -0.4 is 15.6 Å². The van der Waals surface area contributed by atoms with Crippen LogP contribution in [0, 0.1) is 5.82 Å². The number of carbonyl (C=O) groups is 1. The predicted octanol–water partition coefficient (Wildman–Crippen LogP) is 3.17. The molecule has 0 radical (unpaired) electrons. The molecule has 2 N–H and O–H groups in total. The molecule has 1 amide bonds. The molecule has 0 unspecified atom stereocenters. The van der Waals surface area contributed by atoms with Crippen molar-refractivity contribution in [2.24, 2.45) is 0 Å². The van der Waals surface area contributed by atoms with E-state index in [4.69, 9.17) is 9.47 Å². The van der Waals surface area contributed by atoms with Crippen molar-refractivity contribution in [1.82, 2.24) is 15.4 Å². The lowest BCUT2D eigenvalue weighted by Gasteiger charge is -2.10. The average Bonchev–Trinajstić information content (AvgIpc) is 2.60. The normalized spacial score (nSPS) is 10.9. The molecule has 0 saturated heterocycles. The van der Waals surface area contributed by atoms with Gasteiger partial charge in [0.1, 0.15) is 12.4 Å². The maximum atomic E-state index is 13.7. The summed E-state index contributed by atoms with van der Waals surface area (Å²) in [6, 6.07) is 9.37. The molecule has 0 aliphatic carbocycles. The molecule has 0 fully saturated rings. The van der Waals surface area contributed by atoms with Gasteiger partial charge in [-0.15, -0.1) is 0 Å². The fourth-order valence-electron chi connectivity index (χ4n) is 1.57. The molecule has 8 heteroatoms. The van der Waals surface area contributed by atoms with Crippen molar-refractivity contribution in [1.29, 1.82) is 0 Å². The second-order valence-corrected chi connectivity index (χ2v) is 4.66. The summed E-state index contributed by atoms with van der Waals surface area (Å²) in [5, 5.41) is 0. The summed E-state index contributed by atoms with van der Waals surface area (Å²) in [5.41, 5.74) is 5.41. The van der Waals surface area contributed by atoms with E-state index in [9.17, 15) is 9.18 Å². The highest BCUT2D eigenvalue weighted by Gasteiger charge is 2.10. The van der Waals surface area contributed by atoms with Gasteiger partial charge in [-0.1, -0.05) is 30.3 Å². The summed E-state index contributed by atoms with van der Waals surface area (Å²) in [4.78, 5) is 19.1. The summed E-state index contributed by atoms with van der Waals surface area (Å²) in [5.74, 6) is -0.572. The van der Waals surface area contributed by atoms with Crippen LogP contribution in [0.25, 0.3) is 0 Å². The number of amides is 1. The van der Waals surface area contributed by atoms with Crippen LogP contribution in [-0.2, 0) is 11.3 Å². The molecule has 0 saturated carbocycles. The van der Waals surface area contributed by atoms with Gasteiger partial charge < -0.3 is 9.47 Å². The molecule has 126 valence electrons. The van der Waals surface area contributed by atoms with Gasteiger partial charge in [0.25, 0.3) is 0 Å². The third-order valence-electron chi connectivity index (χ3n) is 2.88. The number of allylic oxidation sites excluding steroid dienone is 2. The van der Waals surface area contributed by atoms with E-state index in [0.717, 1.165) is 11.8 Å². The Bertz CT molecular complexity index is 723. The van der Waals surface area contributed by atoms with Gasteiger partial charge in [-0.3, -0.25) is 5.43 Å². The molecule has 0 aliphatic heterocycles. The van der Waals surface area contributed by atoms with Crippen molar-refractivity contribution >= 4 is 11.9 Å². The standard InChI is InChI=1S/C16H17FN4O3/c1-3-11(2)24-16(22)21-20-14-13(17)9-18-15(19-14)23-10-12-7-5-4-6-8-12/h3-9H,10H2,1-2H3,(H,21,22)(H,18,19,20)/b11-3+. The first-order valence-corrected chi connectivity index (χ1v) is 7.14. The molecule has 1 aromatic carbocycles. The Kier molecular flexibility index (Phi) is 6.07. The van der Waals surface area contributed by atoms with E-state index < -0.39 is 11.9 Å². The quantitative estimate of drug-likeness (QED) is 0.624. The SMILES string of the molecule is C/C=C(\C)OC(=O)NNc1nc(OCc2ccccc2)ncc1F. The Morgan fingerprint density at radius 2 is 2.08 bits per heavy atom. The van der Waals surface area contributed by atoms with Gasteiger partial charge in [0.15, 0.2) is 11.6 Å². The monoisotopic (exact) mass is 332 g/mol. The number of nitrogens with one attached hydrogen (secondary N) is 2. The molecule has 24 heavy (non-hydrogen) atoms. The molecule has 0 spiro atoms. The van der Waals surface area contributed by atoms with Crippen molar-refractivity contribution in [3.05, 3.63) is 59.7 Å². The Labute approximate surface area is 138 Å². The molecular weight excluding hydrogens is 315 g/mol. The van der Waals surface area contributed by atoms with E-state index in [1.165, 1.54) is 0 Å². The Morgan fingerprint density at radius 1 is 1.33 bits per heavy atom. The maximum absolute atomic E-state index is 13.7. The summed E-state index contributed by atoms with van der Waals surface area (Å²) in [6.45, 7) is 3.57. The van der Waals surface area contributed by atoms with Crippen molar-refractivity contribution in [2.45, 2.75) is 20.5 Å². The molecule has 0 atom stereocenters. The first kappa shape index (κ1) is 17.2. The Balaban J connectivity index is 1.94. The number of hydrogen-bond acceptors (Lipinski definition) is 6. The van der Waals surface area contributed by atoms with Crippen LogP contribution in [-0.4, -0.2) is 16.1 Å². The van der Waals surface area contributed by atoms with Crippen LogP contribution in [0.2, 0.25) is 0 Å². The van der Waals surface area contributed by atoms with Crippen LogP contribution in [0.4, 0.5) is 15.0 Å². The number of halogens is 1. The molecule has 7 nitrogen and oxygen atoms in total. The summed E-state index contributed by atoms with van der Waals surface area (Å²) in [6.07, 6.45) is 1.76. The van der Waals surface area contributed by atoms with Crippen LogP contribution in [0.15, 0.2) is 48.4 Å². The molecule has 1 aromatic heterocycles. The van der Waals surface area contributed by atoms with Gasteiger partial charge in [0.2, 0.25) is 0 Å². The number of ether oxygens (including phenoxy) is 2. The van der Waals surface area contributed by atoms with E-state index in [1.54, 1.807) is 19.9 Å². The van der Waals surface area contributed by atoms with Crippen molar-refractivity contribution in [3.8, 4) is 6.01 Å². The van der Waals surface area contributed by atoms with E-state index in [2.05, 4.69) is 20.8 Å². The number of carbonyl (C=O) groups excluding carboxylic acids is 1. The Hall–Kier alpha value is -3.16. The zero-order valence-electron chi connectivity index (χ0n) is 13.2. The highest BCUT2D eigenvalue weighted by atomic mass is 19.1. The van der Waals surface area contributed by atoms with Gasteiger partial charge in [-0.05, 0) is 25.5 Å². The van der Waals surface area contributed by atoms with Crippen LogP contribution >= 0.6 is 0 Å². The van der Waals surface area contributed by atoms with Crippen molar-refractivity contribution in [2.75, 3.05) is 5.43 Å². The van der Waals surface area contributed by atoms with Gasteiger partial charge in [0.05, 0.1) is 6.20 Å². The van der Waals surface area contributed by atoms with Crippen LogP contribution in [0.1, 0.15) is 19.4 Å². The second kappa shape index (κ2) is 8.47. The van der Waals surface area contributed by atoms with E-state index >= 15 is 0 Å². The zero-order chi connectivity index (χ0) is 17.4. The Morgan fingerprint density at radius 3 is 2.79 bits per heavy atom. The highest BCUT2D eigenvalue weighted by Crippen LogP contribution is 2.13. The van der Waals surface area contributed by atoms with E-state index in [0.29, 0.717) is 5.76 Å². The number of benzene rings is 1. The van der Waals surface area contributed by atoms with Gasteiger partial charge >= 0.3 is 12.1 Å². The first-order valence-electron chi connectivity index (χ1n) is 7.14. The predicted molar refractivity (Wildman–Crippen MR) is 85.4 cm³/mol. The largest absolute Gasteiger partial charge is 0.459 e. The van der Waals surface area contributed by atoms with Gasteiger partial charge in [0, 0.05) is 0 Å². The van der Waals surface area contributed by atoms with Crippen molar-refractivity contribution < 1.29 is 18.7 Å². The third kappa shape index (κ3) is 5.24. The maximum Gasteiger partial charge on any atom is 0.431 e. The fraction of sp³-hybridized carbons (Fsp3) is 0.188. The highest BCUT2D eigenvalue weighted by molar-refractivity contribution is 5.70. The van der Waals surface area contributed by atoms with E-state index in [1.807, 2.05) is 30.3 Å². The topological polar surface area (TPSA) is 85.4 Å². The second-order valence-electron chi connectivity index (χ2n) is 4.66. The third-order valence-corrected chi connectivity index (χ3v) is 2.88. The summed E-state index contributed by atoms with van der Waals surface area (Å²) >= 11 is 0. The lowest BCUT2D eigenvalue weighted by molar-refractivity contribution is 0.178. The van der Waals surface area contributed by atoms with Crippen LogP contribution in [0.5, 0.6) is 6.01 Å². The minimum absolute atomic E-state index is 0.0254. The first-order chi connectivity index (χ1) is 11.6. The van der Waals surface area contributed by atoms with Gasteiger partial charge in [-0.25, -0.2) is 19.6 Å². The number of hydrogen-bond donors (Lipinski definition) is 2. The number of rotatable bonds is 6. The van der Waals surface area contributed by atoms with Gasteiger partial charge in [-0.2, -0.15) is 4.98 Å². The fourth-order valence-corrected chi connectivity index (χ4v) is 1.57. The molecule has 0 bridgehead atoms. The summed E-state index contributed by atoms with van der Waals surface area (Å²) < 4.78 is 23.9. The number of nitrogens with zero attached hydrogens (tertiary/aromatic N) is 2. The minimum atomic E-state index is -0.796. The molecule has 1 heterocycles. The number of hydrazine groups is 1. The molecule has 2 rings (SSSR count). The zero-order valence-corrected chi connectivity index (χ0v) is 13.2. The van der Waals surface area contributed by atoms with Crippen molar-refractivity contribution in [3.63, 3.8) is 0 Å². The smallest absolute Gasteiger partial charge is 0.431 e. The molecule has 0 aliphatic rings. The number of anilines is 1.